The highest BCUT2D eigenvalue weighted by molar-refractivity contribution is 7.89. The molecule has 3 rings (SSSR count). The van der Waals surface area contributed by atoms with E-state index < -0.39 is 10.0 Å². The van der Waals surface area contributed by atoms with Gasteiger partial charge in [-0.15, -0.1) is 0 Å². The molecule has 23 heavy (non-hydrogen) atoms. The molecule has 120 valence electrons. The van der Waals surface area contributed by atoms with Crippen molar-refractivity contribution in [2.45, 2.75) is 30.7 Å². The summed E-state index contributed by atoms with van der Waals surface area (Å²) in [7, 11) is -3.69. The Morgan fingerprint density at radius 2 is 1.74 bits per heavy atom. The fourth-order valence-corrected chi connectivity index (χ4v) is 3.31. The SMILES string of the molecule is NS(=O)(=O)c1ccc(CNC(=O)c2ccc3c(c2)CCC3)cc1. The second kappa shape index (κ2) is 6.14. The molecule has 0 radical (unpaired) electrons. The van der Waals surface area contributed by atoms with E-state index in [2.05, 4.69) is 5.32 Å². The zero-order valence-corrected chi connectivity index (χ0v) is 13.4. The molecule has 0 aliphatic heterocycles. The van der Waals surface area contributed by atoms with Gasteiger partial charge in [0.25, 0.3) is 5.91 Å². The van der Waals surface area contributed by atoms with Gasteiger partial charge < -0.3 is 5.32 Å². The van der Waals surface area contributed by atoms with Crippen LogP contribution in [0.4, 0.5) is 0 Å². The summed E-state index contributed by atoms with van der Waals surface area (Å²) in [5.41, 5.74) is 4.06. The fraction of sp³-hybridized carbons (Fsp3) is 0.235. The van der Waals surface area contributed by atoms with Crippen LogP contribution in [0.5, 0.6) is 0 Å². The number of aryl methyl sites for hydroxylation is 2. The van der Waals surface area contributed by atoms with E-state index in [0.29, 0.717) is 12.1 Å². The number of sulfonamides is 1. The first-order chi connectivity index (χ1) is 10.9. The maximum atomic E-state index is 12.2. The lowest BCUT2D eigenvalue weighted by Gasteiger charge is -2.08. The zero-order chi connectivity index (χ0) is 16.4. The van der Waals surface area contributed by atoms with Gasteiger partial charge in [0.2, 0.25) is 10.0 Å². The molecule has 0 unspecified atom stereocenters. The van der Waals surface area contributed by atoms with Crippen LogP contribution in [0.3, 0.4) is 0 Å². The Labute approximate surface area is 135 Å². The van der Waals surface area contributed by atoms with E-state index in [1.54, 1.807) is 12.1 Å². The van der Waals surface area contributed by atoms with Crippen molar-refractivity contribution in [3.05, 3.63) is 64.7 Å². The molecular weight excluding hydrogens is 312 g/mol. The average Bonchev–Trinajstić information content (AvgIpc) is 2.99. The predicted octanol–water partition coefficient (Wildman–Crippen LogP) is 1.75. The van der Waals surface area contributed by atoms with Crippen molar-refractivity contribution >= 4 is 15.9 Å². The summed E-state index contributed by atoms with van der Waals surface area (Å²) < 4.78 is 22.4. The Morgan fingerprint density at radius 3 is 2.43 bits per heavy atom. The van der Waals surface area contributed by atoms with E-state index in [0.717, 1.165) is 24.8 Å². The highest BCUT2D eigenvalue weighted by Crippen LogP contribution is 2.22. The minimum atomic E-state index is -3.69. The second-order valence-corrected chi connectivity index (χ2v) is 7.27. The minimum Gasteiger partial charge on any atom is -0.348 e. The van der Waals surface area contributed by atoms with E-state index in [-0.39, 0.29) is 10.8 Å². The standard InChI is InChI=1S/C17H18N2O3S/c18-23(21,22)16-8-4-12(5-9-16)11-19-17(20)15-7-6-13-2-1-3-14(13)10-15/h4-10H,1-3,11H2,(H,19,20)(H2,18,21,22). The van der Waals surface area contributed by atoms with Gasteiger partial charge in [-0.2, -0.15) is 0 Å². The van der Waals surface area contributed by atoms with Gasteiger partial charge in [-0.05, 0) is 60.2 Å². The Bertz CT molecular complexity index is 843. The van der Waals surface area contributed by atoms with E-state index in [4.69, 9.17) is 5.14 Å². The lowest BCUT2D eigenvalue weighted by atomic mass is 10.1. The molecule has 3 N–H and O–H groups in total. The van der Waals surface area contributed by atoms with Crippen LogP contribution in [0.25, 0.3) is 0 Å². The summed E-state index contributed by atoms with van der Waals surface area (Å²) in [5, 5.41) is 7.90. The van der Waals surface area contributed by atoms with Crippen LogP contribution >= 0.6 is 0 Å². The fourth-order valence-electron chi connectivity index (χ4n) is 2.79. The smallest absolute Gasteiger partial charge is 0.251 e. The third kappa shape index (κ3) is 3.60. The molecule has 2 aromatic carbocycles. The van der Waals surface area contributed by atoms with Crippen molar-refractivity contribution < 1.29 is 13.2 Å². The van der Waals surface area contributed by atoms with Crippen molar-refractivity contribution in [1.29, 1.82) is 0 Å². The Morgan fingerprint density at radius 1 is 1.04 bits per heavy atom. The molecule has 0 bridgehead atoms. The van der Waals surface area contributed by atoms with Crippen LogP contribution in [0.1, 0.15) is 33.5 Å². The molecule has 0 heterocycles. The van der Waals surface area contributed by atoms with Crippen LogP contribution in [0.15, 0.2) is 47.4 Å². The largest absolute Gasteiger partial charge is 0.348 e. The number of fused-ring (bicyclic) bond motifs is 1. The van der Waals surface area contributed by atoms with Crippen molar-refractivity contribution in [3.63, 3.8) is 0 Å². The number of hydrogen-bond donors (Lipinski definition) is 2. The predicted molar refractivity (Wildman–Crippen MR) is 87.5 cm³/mol. The zero-order valence-electron chi connectivity index (χ0n) is 12.6. The topological polar surface area (TPSA) is 89.3 Å². The Hall–Kier alpha value is -2.18. The number of primary sulfonamides is 1. The molecule has 6 heteroatoms. The van der Waals surface area contributed by atoms with Gasteiger partial charge in [-0.3, -0.25) is 4.79 Å². The first-order valence-electron chi connectivity index (χ1n) is 7.45. The van der Waals surface area contributed by atoms with Gasteiger partial charge in [0.15, 0.2) is 0 Å². The number of amides is 1. The highest BCUT2D eigenvalue weighted by Gasteiger charge is 2.14. The number of hydrogen-bond acceptors (Lipinski definition) is 3. The number of benzene rings is 2. The summed E-state index contributed by atoms with van der Waals surface area (Å²) in [6, 6.07) is 12.0. The van der Waals surface area contributed by atoms with Gasteiger partial charge in [-0.1, -0.05) is 18.2 Å². The first-order valence-corrected chi connectivity index (χ1v) is 9.00. The van der Waals surface area contributed by atoms with E-state index in [1.807, 2.05) is 18.2 Å². The summed E-state index contributed by atoms with van der Waals surface area (Å²) in [4.78, 5) is 12.3. The number of nitrogens with two attached hydrogens (primary N) is 1. The molecule has 1 aliphatic carbocycles. The van der Waals surface area contributed by atoms with Crippen molar-refractivity contribution in [1.82, 2.24) is 5.32 Å². The Kier molecular flexibility index (Phi) is 4.19. The quantitative estimate of drug-likeness (QED) is 0.895. The lowest BCUT2D eigenvalue weighted by Crippen LogP contribution is -2.23. The van der Waals surface area contributed by atoms with Gasteiger partial charge in [-0.25, -0.2) is 13.6 Å². The maximum Gasteiger partial charge on any atom is 0.251 e. The molecule has 0 fully saturated rings. The minimum absolute atomic E-state index is 0.0613. The molecule has 0 aromatic heterocycles. The average molecular weight is 330 g/mol. The summed E-state index contributed by atoms with van der Waals surface area (Å²) in [6.45, 7) is 0.334. The van der Waals surface area contributed by atoms with E-state index >= 15 is 0 Å². The third-order valence-electron chi connectivity index (χ3n) is 4.07. The molecule has 5 nitrogen and oxygen atoms in total. The maximum absolute atomic E-state index is 12.2. The van der Waals surface area contributed by atoms with Gasteiger partial charge >= 0.3 is 0 Å². The van der Waals surface area contributed by atoms with Gasteiger partial charge in [0.05, 0.1) is 4.90 Å². The van der Waals surface area contributed by atoms with Crippen LogP contribution in [-0.2, 0) is 29.4 Å². The number of carbonyl (C=O) groups excluding carboxylic acids is 1. The van der Waals surface area contributed by atoms with Crippen LogP contribution < -0.4 is 10.5 Å². The summed E-state index contributed by atoms with van der Waals surface area (Å²) in [5.74, 6) is -0.129. The molecule has 0 saturated heterocycles. The molecular formula is C17H18N2O3S. The van der Waals surface area contributed by atoms with Crippen molar-refractivity contribution in [2.75, 3.05) is 0 Å². The van der Waals surface area contributed by atoms with Gasteiger partial charge in [0.1, 0.15) is 0 Å². The molecule has 0 saturated carbocycles. The summed E-state index contributed by atoms with van der Waals surface area (Å²) >= 11 is 0. The number of carbonyl (C=O) groups is 1. The summed E-state index contributed by atoms with van der Waals surface area (Å²) in [6.07, 6.45) is 3.27. The van der Waals surface area contributed by atoms with Crippen LogP contribution in [-0.4, -0.2) is 14.3 Å². The number of nitrogens with one attached hydrogen (secondary N) is 1. The lowest BCUT2D eigenvalue weighted by molar-refractivity contribution is 0.0951. The highest BCUT2D eigenvalue weighted by atomic mass is 32.2. The van der Waals surface area contributed by atoms with E-state index in [1.165, 1.54) is 23.3 Å². The second-order valence-electron chi connectivity index (χ2n) is 5.71. The van der Waals surface area contributed by atoms with E-state index in [9.17, 15) is 13.2 Å². The monoisotopic (exact) mass is 330 g/mol. The van der Waals surface area contributed by atoms with Crippen molar-refractivity contribution in [2.24, 2.45) is 5.14 Å². The van der Waals surface area contributed by atoms with Crippen LogP contribution in [0, 0.1) is 0 Å². The molecule has 0 atom stereocenters. The molecule has 0 spiro atoms. The normalized spacial score (nSPS) is 13.6. The molecule has 1 aliphatic rings. The third-order valence-corrected chi connectivity index (χ3v) is 4.99. The Balaban J connectivity index is 1.65. The number of rotatable bonds is 4. The van der Waals surface area contributed by atoms with Crippen molar-refractivity contribution in [3.8, 4) is 0 Å². The first kappa shape index (κ1) is 15.7. The van der Waals surface area contributed by atoms with Crippen LogP contribution in [0.2, 0.25) is 0 Å². The molecule has 1 amide bonds. The van der Waals surface area contributed by atoms with Gasteiger partial charge in [0, 0.05) is 12.1 Å². The molecule has 2 aromatic rings.